The molecule has 3 aromatic rings. The highest BCUT2D eigenvalue weighted by Gasteiger charge is 2.20. The summed E-state index contributed by atoms with van der Waals surface area (Å²) in [7, 11) is 0. The number of aromatic amines is 1. The van der Waals surface area contributed by atoms with E-state index in [-0.39, 0.29) is 17.2 Å². The quantitative estimate of drug-likeness (QED) is 0.720. The molecular formula is C19H23N5O3. The van der Waals surface area contributed by atoms with Crippen molar-refractivity contribution in [3.05, 3.63) is 51.4 Å². The van der Waals surface area contributed by atoms with Gasteiger partial charge in [-0.25, -0.2) is 4.98 Å². The van der Waals surface area contributed by atoms with Crippen LogP contribution in [0.2, 0.25) is 0 Å². The summed E-state index contributed by atoms with van der Waals surface area (Å²) in [6.45, 7) is 8.11. The molecular weight excluding hydrogens is 346 g/mol. The number of anilines is 1. The van der Waals surface area contributed by atoms with Crippen molar-refractivity contribution in [1.29, 1.82) is 0 Å². The maximum atomic E-state index is 12.5. The molecule has 27 heavy (non-hydrogen) atoms. The van der Waals surface area contributed by atoms with Crippen LogP contribution in [0.4, 0.5) is 5.95 Å². The van der Waals surface area contributed by atoms with Gasteiger partial charge >= 0.3 is 0 Å². The van der Waals surface area contributed by atoms with Crippen LogP contribution in [0.25, 0.3) is 5.78 Å². The number of nitrogens with zero attached hydrogens (tertiary/aromatic N) is 4. The molecule has 0 spiro atoms. The number of nitrogens with one attached hydrogen (secondary N) is 1. The first-order chi connectivity index (χ1) is 12.9. The minimum Gasteiger partial charge on any atom is -0.494 e. The lowest BCUT2D eigenvalue weighted by molar-refractivity contribution is -0.118. The number of hydrogen-bond donors (Lipinski definition) is 1. The minimum absolute atomic E-state index is 0.107. The van der Waals surface area contributed by atoms with E-state index in [1.807, 2.05) is 31.2 Å². The lowest BCUT2D eigenvalue weighted by Crippen LogP contribution is -2.31. The molecule has 8 nitrogen and oxygen atoms in total. The molecule has 0 atom stereocenters. The van der Waals surface area contributed by atoms with E-state index in [4.69, 9.17) is 4.74 Å². The Labute approximate surface area is 156 Å². The summed E-state index contributed by atoms with van der Waals surface area (Å²) in [6, 6.07) is 7.54. The van der Waals surface area contributed by atoms with Crippen molar-refractivity contribution in [2.24, 2.45) is 0 Å². The van der Waals surface area contributed by atoms with Crippen molar-refractivity contribution in [2.75, 3.05) is 11.5 Å². The summed E-state index contributed by atoms with van der Waals surface area (Å²) >= 11 is 0. The average Bonchev–Trinajstić information content (AvgIpc) is 3.09. The smallest absolute Gasteiger partial charge is 0.277 e. The summed E-state index contributed by atoms with van der Waals surface area (Å²) in [6.07, 6.45) is 0.314. The van der Waals surface area contributed by atoms with Gasteiger partial charge in [0.05, 0.1) is 13.2 Å². The largest absolute Gasteiger partial charge is 0.494 e. The molecule has 142 valence electrons. The zero-order valence-electron chi connectivity index (χ0n) is 15.9. The highest BCUT2D eigenvalue weighted by molar-refractivity contribution is 5.91. The summed E-state index contributed by atoms with van der Waals surface area (Å²) in [5.41, 5.74) is 1.87. The lowest BCUT2D eigenvalue weighted by Gasteiger charge is -2.19. The number of benzene rings is 1. The standard InChI is InChI=1S/C19H23N5O3/c1-5-16(25)23(11-14-7-9-15(10-8-14)27-6-2)19-21-18-20-13(4)12(3)17(26)24(18)22-19/h7-10H,5-6,11H2,1-4H3,(H,20,21,22). The second kappa shape index (κ2) is 7.61. The van der Waals surface area contributed by atoms with E-state index in [0.717, 1.165) is 11.3 Å². The molecule has 1 N–H and O–H groups in total. The molecule has 1 amide bonds. The van der Waals surface area contributed by atoms with Gasteiger partial charge in [0.15, 0.2) is 0 Å². The minimum atomic E-state index is -0.221. The summed E-state index contributed by atoms with van der Waals surface area (Å²) in [5, 5.41) is 2.91. The first-order valence-corrected chi connectivity index (χ1v) is 8.92. The van der Waals surface area contributed by atoms with Crippen molar-refractivity contribution >= 4 is 17.6 Å². The fraction of sp³-hybridized carbons (Fsp3) is 0.368. The third-order valence-electron chi connectivity index (χ3n) is 4.39. The van der Waals surface area contributed by atoms with Gasteiger partial charge in [-0.2, -0.15) is 9.50 Å². The number of rotatable bonds is 6. The zero-order chi connectivity index (χ0) is 19.6. The Balaban J connectivity index is 1.98. The first-order valence-electron chi connectivity index (χ1n) is 8.92. The van der Waals surface area contributed by atoms with Crippen molar-refractivity contribution in [3.8, 4) is 5.75 Å². The Morgan fingerprint density at radius 2 is 1.89 bits per heavy atom. The van der Waals surface area contributed by atoms with Gasteiger partial charge in [-0.15, -0.1) is 0 Å². The molecule has 0 radical (unpaired) electrons. The van der Waals surface area contributed by atoms with Crippen LogP contribution in [0, 0.1) is 13.8 Å². The van der Waals surface area contributed by atoms with Crippen molar-refractivity contribution in [2.45, 2.75) is 40.7 Å². The van der Waals surface area contributed by atoms with Gasteiger partial charge in [0, 0.05) is 17.7 Å². The van der Waals surface area contributed by atoms with E-state index in [9.17, 15) is 9.59 Å². The van der Waals surface area contributed by atoms with Crippen LogP contribution in [0.1, 0.15) is 37.1 Å². The number of amides is 1. The molecule has 0 unspecified atom stereocenters. The monoisotopic (exact) mass is 369 g/mol. The van der Waals surface area contributed by atoms with Crippen LogP contribution in [0.3, 0.4) is 0 Å². The molecule has 2 heterocycles. The summed E-state index contributed by atoms with van der Waals surface area (Å²) in [5.74, 6) is 1.22. The Morgan fingerprint density at radius 3 is 2.52 bits per heavy atom. The van der Waals surface area contributed by atoms with Gasteiger partial charge in [-0.3, -0.25) is 19.6 Å². The number of hydrogen-bond acceptors (Lipinski definition) is 5. The van der Waals surface area contributed by atoms with Crippen LogP contribution in [-0.4, -0.2) is 32.1 Å². The third-order valence-corrected chi connectivity index (χ3v) is 4.39. The molecule has 2 aromatic heterocycles. The van der Waals surface area contributed by atoms with E-state index in [0.29, 0.717) is 36.8 Å². The Bertz CT molecular complexity index is 1020. The van der Waals surface area contributed by atoms with Gasteiger partial charge in [-0.1, -0.05) is 19.1 Å². The number of carbonyl (C=O) groups excluding carboxylic acids is 1. The van der Waals surface area contributed by atoms with Gasteiger partial charge in [0.1, 0.15) is 5.75 Å². The molecule has 0 aliphatic rings. The maximum absolute atomic E-state index is 12.5. The van der Waals surface area contributed by atoms with Crippen molar-refractivity contribution in [3.63, 3.8) is 0 Å². The van der Waals surface area contributed by atoms with Crippen LogP contribution < -0.4 is 15.2 Å². The molecule has 8 heteroatoms. The molecule has 0 saturated heterocycles. The number of ether oxygens (including phenoxy) is 1. The molecule has 0 saturated carbocycles. The molecule has 0 aliphatic heterocycles. The second-order valence-corrected chi connectivity index (χ2v) is 6.22. The van der Waals surface area contributed by atoms with E-state index in [1.165, 1.54) is 9.42 Å². The topological polar surface area (TPSA) is 92.6 Å². The van der Waals surface area contributed by atoms with Crippen molar-refractivity contribution in [1.82, 2.24) is 19.6 Å². The SMILES string of the molecule is CCOc1ccc(CN(C(=O)CC)c2nc3nc(C)c(C)c(=O)n3[nH]2)cc1. The van der Waals surface area contributed by atoms with Gasteiger partial charge < -0.3 is 4.74 Å². The van der Waals surface area contributed by atoms with E-state index in [2.05, 4.69) is 15.1 Å². The molecule has 0 fully saturated rings. The maximum Gasteiger partial charge on any atom is 0.277 e. The van der Waals surface area contributed by atoms with Crippen LogP contribution >= 0.6 is 0 Å². The molecule has 0 bridgehead atoms. The van der Waals surface area contributed by atoms with E-state index >= 15 is 0 Å². The van der Waals surface area contributed by atoms with E-state index < -0.39 is 0 Å². The van der Waals surface area contributed by atoms with Crippen molar-refractivity contribution < 1.29 is 9.53 Å². The number of aromatic nitrogens is 4. The fourth-order valence-corrected chi connectivity index (χ4v) is 2.73. The third kappa shape index (κ3) is 3.69. The highest BCUT2D eigenvalue weighted by Crippen LogP contribution is 2.18. The molecule has 3 rings (SSSR count). The normalized spacial score (nSPS) is 11.0. The number of H-pyrrole nitrogens is 1. The second-order valence-electron chi connectivity index (χ2n) is 6.22. The number of aryl methyl sites for hydroxylation is 1. The van der Waals surface area contributed by atoms with Gasteiger partial charge in [0.2, 0.25) is 11.9 Å². The predicted molar refractivity (Wildman–Crippen MR) is 102 cm³/mol. The van der Waals surface area contributed by atoms with Crippen LogP contribution in [0.15, 0.2) is 29.1 Å². The average molecular weight is 369 g/mol. The Kier molecular flexibility index (Phi) is 5.25. The zero-order valence-corrected chi connectivity index (χ0v) is 15.9. The Hall–Kier alpha value is -3.16. The van der Waals surface area contributed by atoms with E-state index in [1.54, 1.807) is 20.8 Å². The molecule has 1 aromatic carbocycles. The highest BCUT2D eigenvalue weighted by atomic mass is 16.5. The van der Waals surface area contributed by atoms with Crippen LogP contribution in [0.5, 0.6) is 5.75 Å². The lowest BCUT2D eigenvalue weighted by atomic mass is 10.2. The van der Waals surface area contributed by atoms with Gasteiger partial charge in [-0.05, 0) is 38.5 Å². The fourth-order valence-electron chi connectivity index (χ4n) is 2.73. The number of carbonyl (C=O) groups is 1. The van der Waals surface area contributed by atoms with Gasteiger partial charge in [0.25, 0.3) is 11.3 Å². The number of fused-ring (bicyclic) bond motifs is 1. The molecule has 0 aliphatic carbocycles. The first kappa shape index (κ1) is 18.6. The Morgan fingerprint density at radius 1 is 1.19 bits per heavy atom. The predicted octanol–water partition coefficient (Wildman–Crippen LogP) is 2.38. The van der Waals surface area contributed by atoms with Crippen LogP contribution in [-0.2, 0) is 11.3 Å². The summed E-state index contributed by atoms with van der Waals surface area (Å²) in [4.78, 5) is 35.1. The summed E-state index contributed by atoms with van der Waals surface area (Å²) < 4.78 is 6.72.